The molecule has 1 aromatic carbocycles. The second-order valence-corrected chi connectivity index (χ2v) is 4.86. The van der Waals surface area contributed by atoms with Gasteiger partial charge in [0.2, 0.25) is 0 Å². The highest BCUT2D eigenvalue weighted by Gasteiger charge is 2.12. The Morgan fingerprint density at radius 1 is 1.18 bits per heavy atom. The van der Waals surface area contributed by atoms with Crippen molar-refractivity contribution in [2.24, 2.45) is 0 Å². The first kappa shape index (κ1) is 13.9. The predicted molar refractivity (Wildman–Crippen MR) is 83.6 cm³/mol. The van der Waals surface area contributed by atoms with E-state index in [2.05, 4.69) is 20.4 Å². The van der Waals surface area contributed by atoms with E-state index in [1.807, 2.05) is 37.3 Å². The van der Waals surface area contributed by atoms with Gasteiger partial charge in [-0.05, 0) is 26.0 Å². The summed E-state index contributed by atoms with van der Waals surface area (Å²) in [5.74, 6) is 1.26. The van der Waals surface area contributed by atoms with Crippen molar-refractivity contribution < 1.29 is 4.79 Å². The van der Waals surface area contributed by atoms with Gasteiger partial charge in [-0.15, -0.1) is 0 Å². The summed E-state index contributed by atoms with van der Waals surface area (Å²) < 4.78 is 1.63. The maximum atomic E-state index is 11.5. The zero-order chi connectivity index (χ0) is 15.5. The molecule has 2 aromatic heterocycles. The number of nitrogens with one attached hydrogen (secondary N) is 1. The van der Waals surface area contributed by atoms with Gasteiger partial charge in [-0.1, -0.05) is 18.2 Å². The molecule has 0 bridgehead atoms. The molecular weight excluding hydrogens is 278 g/mol. The van der Waals surface area contributed by atoms with Crippen LogP contribution in [0.3, 0.4) is 0 Å². The van der Waals surface area contributed by atoms with E-state index in [9.17, 15) is 4.79 Å². The van der Waals surface area contributed by atoms with Crippen LogP contribution in [-0.4, -0.2) is 25.5 Å². The standard InChI is InChI=1S/C16H15N5O/c1-11-14(12(2)22)9-19-21(11)16-8-15(17-10-18-16)20-13-6-4-3-5-7-13/h3-10H,1-2H3,(H,17,18,20). The molecule has 0 unspecified atom stereocenters. The number of hydrogen-bond acceptors (Lipinski definition) is 5. The molecule has 0 aliphatic rings. The number of carbonyl (C=O) groups is 1. The zero-order valence-electron chi connectivity index (χ0n) is 12.3. The smallest absolute Gasteiger partial charge is 0.163 e. The highest BCUT2D eigenvalue weighted by atomic mass is 16.1. The Kier molecular flexibility index (Phi) is 3.65. The Hall–Kier alpha value is -3.02. The summed E-state index contributed by atoms with van der Waals surface area (Å²) >= 11 is 0. The van der Waals surface area contributed by atoms with Gasteiger partial charge < -0.3 is 5.32 Å². The van der Waals surface area contributed by atoms with Gasteiger partial charge in [0, 0.05) is 11.8 Å². The van der Waals surface area contributed by atoms with E-state index in [4.69, 9.17) is 0 Å². The number of hydrogen-bond donors (Lipinski definition) is 1. The number of carbonyl (C=O) groups excluding carboxylic acids is 1. The molecule has 0 amide bonds. The van der Waals surface area contributed by atoms with Gasteiger partial charge in [0.1, 0.15) is 12.1 Å². The van der Waals surface area contributed by atoms with E-state index in [-0.39, 0.29) is 5.78 Å². The Bertz CT molecular complexity index is 810. The predicted octanol–water partition coefficient (Wildman–Crippen LogP) is 2.92. The fourth-order valence-corrected chi connectivity index (χ4v) is 2.19. The molecule has 0 fully saturated rings. The molecule has 3 aromatic rings. The first-order valence-electron chi connectivity index (χ1n) is 6.85. The summed E-state index contributed by atoms with van der Waals surface area (Å²) in [7, 11) is 0. The van der Waals surface area contributed by atoms with Crippen molar-refractivity contribution in [1.29, 1.82) is 0 Å². The number of rotatable bonds is 4. The average Bonchev–Trinajstić information content (AvgIpc) is 2.90. The van der Waals surface area contributed by atoms with Crippen LogP contribution >= 0.6 is 0 Å². The van der Waals surface area contributed by atoms with Gasteiger partial charge in [0.05, 0.1) is 17.5 Å². The third kappa shape index (κ3) is 2.71. The van der Waals surface area contributed by atoms with E-state index in [1.165, 1.54) is 13.3 Å². The van der Waals surface area contributed by atoms with E-state index in [1.54, 1.807) is 16.9 Å². The van der Waals surface area contributed by atoms with Gasteiger partial charge in [0.25, 0.3) is 0 Å². The fraction of sp³-hybridized carbons (Fsp3) is 0.125. The number of Topliss-reactive ketones (excluding diaryl/α,β-unsaturated/α-hetero) is 1. The number of ketones is 1. The Balaban J connectivity index is 1.93. The topological polar surface area (TPSA) is 72.7 Å². The summed E-state index contributed by atoms with van der Waals surface area (Å²) in [4.78, 5) is 19.9. The SMILES string of the molecule is CC(=O)c1cnn(-c2cc(Nc3ccccc3)ncn2)c1C. The lowest BCUT2D eigenvalue weighted by Crippen LogP contribution is -2.05. The van der Waals surface area contributed by atoms with Crippen molar-refractivity contribution in [2.75, 3.05) is 5.32 Å². The van der Waals surface area contributed by atoms with Crippen molar-refractivity contribution in [3.8, 4) is 5.82 Å². The normalized spacial score (nSPS) is 10.5. The number of nitrogens with zero attached hydrogens (tertiary/aromatic N) is 4. The summed E-state index contributed by atoms with van der Waals surface area (Å²) in [5.41, 5.74) is 2.29. The molecule has 0 radical (unpaired) electrons. The van der Waals surface area contributed by atoms with E-state index < -0.39 is 0 Å². The quantitative estimate of drug-likeness (QED) is 0.749. The molecular formula is C16H15N5O. The molecule has 0 aliphatic carbocycles. The fourth-order valence-electron chi connectivity index (χ4n) is 2.19. The Morgan fingerprint density at radius 2 is 1.95 bits per heavy atom. The van der Waals surface area contributed by atoms with Crippen LogP contribution in [0.2, 0.25) is 0 Å². The molecule has 110 valence electrons. The molecule has 0 spiro atoms. The van der Waals surface area contributed by atoms with Crippen molar-refractivity contribution in [2.45, 2.75) is 13.8 Å². The number of anilines is 2. The maximum absolute atomic E-state index is 11.5. The lowest BCUT2D eigenvalue weighted by Gasteiger charge is -2.08. The lowest BCUT2D eigenvalue weighted by atomic mass is 10.2. The van der Waals surface area contributed by atoms with Crippen molar-refractivity contribution in [3.63, 3.8) is 0 Å². The summed E-state index contributed by atoms with van der Waals surface area (Å²) in [6, 6.07) is 11.5. The molecule has 2 heterocycles. The van der Waals surface area contributed by atoms with Crippen molar-refractivity contribution in [3.05, 3.63) is 60.2 Å². The largest absolute Gasteiger partial charge is 0.340 e. The number of aromatic nitrogens is 4. The van der Waals surface area contributed by atoms with Crippen molar-refractivity contribution >= 4 is 17.3 Å². The van der Waals surface area contributed by atoms with Crippen LogP contribution in [0.4, 0.5) is 11.5 Å². The van der Waals surface area contributed by atoms with Crippen LogP contribution in [0.1, 0.15) is 23.0 Å². The summed E-state index contributed by atoms with van der Waals surface area (Å²) in [6.45, 7) is 3.37. The van der Waals surface area contributed by atoms with Crippen LogP contribution in [0.25, 0.3) is 5.82 Å². The number of benzene rings is 1. The molecule has 0 atom stereocenters. The molecule has 1 N–H and O–H groups in total. The first-order chi connectivity index (χ1) is 10.6. The highest BCUT2D eigenvalue weighted by molar-refractivity contribution is 5.95. The average molecular weight is 293 g/mol. The molecule has 3 rings (SSSR count). The monoisotopic (exact) mass is 293 g/mol. The van der Waals surface area contributed by atoms with Gasteiger partial charge in [-0.25, -0.2) is 14.6 Å². The third-order valence-corrected chi connectivity index (χ3v) is 3.30. The van der Waals surface area contributed by atoms with Crippen molar-refractivity contribution in [1.82, 2.24) is 19.7 Å². The van der Waals surface area contributed by atoms with Crippen LogP contribution in [-0.2, 0) is 0 Å². The Labute approximate surface area is 127 Å². The first-order valence-corrected chi connectivity index (χ1v) is 6.85. The van der Waals surface area contributed by atoms with E-state index in [0.717, 1.165) is 11.4 Å². The van der Waals surface area contributed by atoms with Crippen LogP contribution in [0.15, 0.2) is 48.9 Å². The van der Waals surface area contributed by atoms with E-state index >= 15 is 0 Å². The molecule has 22 heavy (non-hydrogen) atoms. The van der Waals surface area contributed by atoms with Gasteiger partial charge in [-0.3, -0.25) is 4.79 Å². The maximum Gasteiger partial charge on any atom is 0.163 e. The zero-order valence-corrected chi connectivity index (χ0v) is 12.3. The molecule has 6 nitrogen and oxygen atoms in total. The minimum atomic E-state index is -0.0135. The molecule has 0 aliphatic heterocycles. The number of para-hydroxylation sites is 1. The molecule has 0 saturated heterocycles. The second kappa shape index (κ2) is 5.77. The minimum absolute atomic E-state index is 0.0135. The molecule has 6 heteroatoms. The van der Waals surface area contributed by atoms with Crippen LogP contribution < -0.4 is 5.32 Å². The van der Waals surface area contributed by atoms with E-state index in [0.29, 0.717) is 17.2 Å². The third-order valence-electron chi connectivity index (χ3n) is 3.30. The lowest BCUT2D eigenvalue weighted by molar-refractivity contribution is 0.101. The van der Waals surface area contributed by atoms with Crippen LogP contribution in [0.5, 0.6) is 0 Å². The minimum Gasteiger partial charge on any atom is -0.340 e. The summed E-state index contributed by atoms with van der Waals surface area (Å²) in [6.07, 6.45) is 3.03. The van der Waals surface area contributed by atoms with Gasteiger partial charge in [-0.2, -0.15) is 5.10 Å². The van der Waals surface area contributed by atoms with Gasteiger partial charge >= 0.3 is 0 Å². The highest BCUT2D eigenvalue weighted by Crippen LogP contribution is 2.17. The van der Waals surface area contributed by atoms with Crippen LogP contribution in [0, 0.1) is 6.92 Å². The second-order valence-electron chi connectivity index (χ2n) is 4.86. The Morgan fingerprint density at radius 3 is 2.64 bits per heavy atom. The molecule has 0 saturated carbocycles. The summed E-state index contributed by atoms with van der Waals surface area (Å²) in [5, 5.41) is 7.44. The van der Waals surface area contributed by atoms with Gasteiger partial charge in [0.15, 0.2) is 11.6 Å².